The quantitative estimate of drug-likeness (QED) is 0.921. The van der Waals surface area contributed by atoms with E-state index in [-0.39, 0.29) is 0 Å². The molecule has 1 atom stereocenters. The number of nitrogens with zero attached hydrogens (tertiary/aromatic N) is 3. The van der Waals surface area contributed by atoms with Crippen LogP contribution in [-0.2, 0) is 11.3 Å². The highest BCUT2D eigenvalue weighted by atomic mass is 16.2. The molecule has 1 spiro atoms. The first kappa shape index (κ1) is 14.2. The summed E-state index contributed by atoms with van der Waals surface area (Å²) in [5.74, 6) is 1.44. The van der Waals surface area contributed by atoms with Crippen LogP contribution < -0.4 is 5.32 Å². The highest BCUT2D eigenvalue weighted by Gasteiger charge is 2.58. The maximum Gasteiger partial charge on any atom is 0.226 e. The zero-order valence-electron chi connectivity index (χ0n) is 13.2. The lowest BCUT2D eigenvalue weighted by atomic mass is 9.91. The normalized spacial score (nSPS) is 28.0. The first-order valence-electron chi connectivity index (χ1n) is 8.74. The van der Waals surface area contributed by atoms with Gasteiger partial charge in [-0.05, 0) is 62.6 Å². The Kier molecular flexibility index (Phi) is 3.68. The van der Waals surface area contributed by atoms with Crippen molar-refractivity contribution < 1.29 is 4.79 Å². The van der Waals surface area contributed by atoms with Crippen molar-refractivity contribution >= 4 is 5.91 Å². The molecule has 1 N–H and O–H groups in total. The Morgan fingerprint density at radius 1 is 1.27 bits per heavy atom. The summed E-state index contributed by atoms with van der Waals surface area (Å²) in [6.07, 6.45) is 9.63. The number of piperidine rings is 2. The number of aromatic nitrogens is 2. The molecule has 3 aliphatic rings. The molecule has 1 aromatic heterocycles. The largest absolute Gasteiger partial charge is 0.342 e. The smallest absolute Gasteiger partial charge is 0.226 e. The average molecular weight is 302 g/mol. The monoisotopic (exact) mass is 302 g/mol. The van der Waals surface area contributed by atoms with Gasteiger partial charge in [0.1, 0.15) is 0 Å². The van der Waals surface area contributed by atoms with Crippen LogP contribution in [0, 0.1) is 17.3 Å². The molecule has 1 aromatic rings. The van der Waals surface area contributed by atoms with Crippen molar-refractivity contribution in [3.05, 3.63) is 18.5 Å². The van der Waals surface area contributed by atoms with E-state index in [0.717, 1.165) is 52.0 Å². The molecule has 3 fully saturated rings. The van der Waals surface area contributed by atoms with Crippen LogP contribution in [0.4, 0.5) is 0 Å². The maximum absolute atomic E-state index is 12.7. The van der Waals surface area contributed by atoms with Crippen LogP contribution in [0.25, 0.3) is 0 Å². The van der Waals surface area contributed by atoms with E-state index < -0.39 is 0 Å². The minimum absolute atomic E-state index is 0.331. The molecule has 22 heavy (non-hydrogen) atoms. The summed E-state index contributed by atoms with van der Waals surface area (Å²) in [5.41, 5.74) is 0.369. The first-order valence-corrected chi connectivity index (χ1v) is 8.74. The number of likely N-dealkylation sites (tertiary alicyclic amines) is 1. The summed E-state index contributed by atoms with van der Waals surface area (Å²) in [6, 6.07) is 1.98. The van der Waals surface area contributed by atoms with Gasteiger partial charge in [0, 0.05) is 37.9 Å². The summed E-state index contributed by atoms with van der Waals surface area (Å²) in [4.78, 5) is 14.9. The van der Waals surface area contributed by atoms with Crippen LogP contribution in [0.1, 0.15) is 32.1 Å². The van der Waals surface area contributed by atoms with Gasteiger partial charge < -0.3 is 10.2 Å². The lowest BCUT2D eigenvalue weighted by Crippen LogP contribution is -2.41. The Labute approximate surface area is 132 Å². The first-order chi connectivity index (χ1) is 10.8. The second-order valence-electron chi connectivity index (χ2n) is 7.37. The van der Waals surface area contributed by atoms with E-state index in [1.54, 1.807) is 0 Å². The Morgan fingerprint density at radius 2 is 2.05 bits per heavy atom. The van der Waals surface area contributed by atoms with Crippen LogP contribution in [-0.4, -0.2) is 46.8 Å². The third-order valence-corrected chi connectivity index (χ3v) is 6.02. The third kappa shape index (κ3) is 2.67. The van der Waals surface area contributed by atoms with Crippen molar-refractivity contribution in [2.24, 2.45) is 17.3 Å². The number of amides is 1. The van der Waals surface area contributed by atoms with Gasteiger partial charge in [-0.1, -0.05) is 0 Å². The van der Waals surface area contributed by atoms with E-state index in [2.05, 4.69) is 15.3 Å². The predicted octanol–water partition coefficient (Wildman–Crippen LogP) is 1.51. The molecular weight excluding hydrogens is 276 g/mol. The van der Waals surface area contributed by atoms with E-state index in [4.69, 9.17) is 0 Å². The van der Waals surface area contributed by atoms with Gasteiger partial charge in [0.05, 0.1) is 0 Å². The number of hydrogen-bond acceptors (Lipinski definition) is 3. The Bertz CT molecular complexity index is 513. The van der Waals surface area contributed by atoms with Crippen molar-refractivity contribution in [3.8, 4) is 0 Å². The summed E-state index contributed by atoms with van der Waals surface area (Å²) in [7, 11) is 0. The van der Waals surface area contributed by atoms with Crippen molar-refractivity contribution in [1.29, 1.82) is 0 Å². The fourth-order valence-corrected chi connectivity index (χ4v) is 4.40. The summed E-state index contributed by atoms with van der Waals surface area (Å²) in [5, 5.41) is 7.70. The standard InChI is InChI=1S/C17H26N4O/c22-16(15-12-17(15)4-7-18-8-5-17)20-10-2-14(3-11-20)13-21-9-1-6-19-21/h1,6,9,14-15,18H,2-5,7-8,10-13H2. The van der Waals surface area contributed by atoms with Gasteiger partial charge in [-0.3, -0.25) is 9.48 Å². The molecule has 1 unspecified atom stereocenters. The summed E-state index contributed by atoms with van der Waals surface area (Å²) in [6.45, 7) is 5.06. The lowest BCUT2D eigenvalue weighted by Gasteiger charge is -2.33. The van der Waals surface area contributed by atoms with Gasteiger partial charge in [0.2, 0.25) is 5.91 Å². The molecule has 5 heteroatoms. The Hall–Kier alpha value is -1.36. The SMILES string of the molecule is O=C(C1CC12CCNCC2)N1CCC(Cn2cccn2)CC1. The second kappa shape index (κ2) is 5.69. The van der Waals surface area contributed by atoms with Gasteiger partial charge in [0.25, 0.3) is 0 Å². The molecule has 1 aliphatic carbocycles. The number of nitrogens with one attached hydrogen (secondary N) is 1. The molecular formula is C17H26N4O. The molecule has 1 saturated carbocycles. The predicted molar refractivity (Wildman–Crippen MR) is 84.2 cm³/mol. The van der Waals surface area contributed by atoms with Crippen molar-refractivity contribution in [1.82, 2.24) is 20.0 Å². The average Bonchev–Trinajstić information content (AvgIpc) is 2.99. The van der Waals surface area contributed by atoms with E-state index >= 15 is 0 Å². The Balaban J connectivity index is 1.28. The molecule has 120 valence electrons. The minimum Gasteiger partial charge on any atom is -0.342 e. The maximum atomic E-state index is 12.7. The molecule has 5 nitrogen and oxygen atoms in total. The fourth-order valence-electron chi connectivity index (χ4n) is 4.40. The van der Waals surface area contributed by atoms with E-state index in [1.807, 2.05) is 23.1 Å². The van der Waals surface area contributed by atoms with Crippen molar-refractivity contribution in [2.75, 3.05) is 26.2 Å². The second-order valence-corrected chi connectivity index (χ2v) is 7.37. The van der Waals surface area contributed by atoms with Gasteiger partial charge in [0.15, 0.2) is 0 Å². The third-order valence-electron chi connectivity index (χ3n) is 6.02. The number of hydrogen-bond donors (Lipinski definition) is 1. The van der Waals surface area contributed by atoms with Gasteiger partial charge >= 0.3 is 0 Å². The van der Waals surface area contributed by atoms with Gasteiger partial charge in [-0.2, -0.15) is 5.10 Å². The van der Waals surface area contributed by atoms with Crippen molar-refractivity contribution in [3.63, 3.8) is 0 Å². The fraction of sp³-hybridized carbons (Fsp3) is 0.765. The number of carbonyl (C=O) groups excluding carboxylic acids is 1. The molecule has 3 heterocycles. The molecule has 2 aliphatic heterocycles. The van der Waals surface area contributed by atoms with E-state index in [9.17, 15) is 4.79 Å². The summed E-state index contributed by atoms with van der Waals surface area (Å²) >= 11 is 0. The zero-order valence-corrected chi connectivity index (χ0v) is 13.2. The number of carbonyl (C=O) groups is 1. The molecule has 0 bridgehead atoms. The topological polar surface area (TPSA) is 50.2 Å². The molecule has 1 amide bonds. The van der Waals surface area contributed by atoms with Gasteiger partial charge in [-0.25, -0.2) is 0 Å². The van der Waals surface area contributed by atoms with Crippen LogP contribution in [0.3, 0.4) is 0 Å². The molecule has 4 rings (SSSR count). The van der Waals surface area contributed by atoms with Crippen LogP contribution >= 0.6 is 0 Å². The van der Waals surface area contributed by atoms with Crippen LogP contribution in [0.2, 0.25) is 0 Å². The lowest BCUT2D eigenvalue weighted by molar-refractivity contribution is -0.135. The zero-order chi connectivity index (χ0) is 15.0. The van der Waals surface area contributed by atoms with Crippen LogP contribution in [0.5, 0.6) is 0 Å². The van der Waals surface area contributed by atoms with E-state index in [1.165, 1.54) is 12.8 Å². The highest BCUT2D eigenvalue weighted by Crippen LogP contribution is 2.59. The highest BCUT2D eigenvalue weighted by molar-refractivity contribution is 5.82. The minimum atomic E-state index is 0.331. The molecule has 2 saturated heterocycles. The van der Waals surface area contributed by atoms with Gasteiger partial charge in [-0.15, -0.1) is 0 Å². The van der Waals surface area contributed by atoms with Crippen molar-refractivity contribution in [2.45, 2.75) is 38.6 Å². The molecule has 0 aromatic carbocycles. The number of rotatable bonds is 3. The molecule has 0 radical (unpaired) electrons. The summed E-state index contributed by atoms with van der Waals surface area (Å²) < 4.78 is 2.02. The van der Waals surface area contributed by atoms with E-state index in [0.29, 0.717) is 23.2 Å². The van der Waals surface area contributed by atoms with Crippen LogP contribution in [0.15, 0.2) is 18.5 Å². The Morgan fingerprint density at radius 3 is 2.73 bits per heavy atom.